The van der Waals surface area contributed by atoms with Crippen molar-refractivity contribution in [3.8, 4) is 5.75 Å². The normalized spacial score (nSPS) is 10.2. The third kappa shape index (κ3) is 5.90. The number of nitrogens with one attached hydrogen (secondary N) is 1. The van der Waals surface area contributed by atoms with Crippen LogP contribution in [-0.4, -0.2) is 21.1 Å². The molecule has 7 nitrogen and oxygen atoms in total. The van der Waals surface area contributed by atoms with E-state index in [0.29, 0.717) is 39.7 Å². The average molecular weight is 464 g/mol. The highest BCUT2D eigenvalue weighted by Crippen LogP contribution is 2.32. The number of hydrazone groups is 1. The van der Waals surface area contributed by atoms with E-state index in [4.69, 9.17) is 33.8 Å². The maximum absolute atomic E-state index is 6.29. The number of nitrogens with two attached hydrogens (primary N) is 1. The highest BCUT2D eigenvalue weighted by atomic mass is 35.5. The van der Waals surface area contributed by atoms with Crippen molar-refractivity contribution in [2.45, 2.75) is 13.5 Å². The topological polar surface area (TPSA) is 90.4 Å². The van der Waals surface area contributed by atoms with Gasteiger partial charge in [0, 0.05) is 10.6 Å². The number of aromatic nitrogens is 3. The molecule has 0 bridgehead atoms. The number of nitrogen functional groups attached to an aromatic ring is 1. The molecule has 0 fully saturated rings. The zero-order chi connectivity index (χ0) is 18.5. The Morgan fingerprint density at radius 1 is 1.18 bits per heavy atom. The number of anilines is 1. The van der Waals surface area contributed by atoms with Gasteiger partial charge in [0.2, 0.25) is 0 Å². The van der Waals surface area contributed by atoms with E-state index in [-0.39, 0.29) is 24.8 Å². The van der Waals surface area contributed by atoms with Crippen molar-refractivity contribution in [3.05, 3.63) is 69.5 Å². The van der Waals surface area contributed by atoms with Crippen LogP contribution >= 0.6 is 48.0 Å². The molecule has 0 aliphatic heterocycles. The fraction of sp³-hybridized carbons (Fsp3) is 0.118. The van der Waals surface area contributed by atoms with Crippen molar-refractivity contribution in [3.63, 3.8) is 0 Å². The van der Waals surface area contributed by atoms with Gasteiger partial charge in [0.15, 0.2) is 5.82 Å². The quantitative estimate of drug-likeness (QED) is 0.319. The molecule has 11 heteroatoms. The standard InChI is InChI=1S/C17H16Cl2N6O.2ClH/c1-11-22-24-17(25(11)20)23-21-9-13-7-14(18)8-15(19)16(13)26-10-12-5-3-2-4-6-12;;/h2-9H,10,20H2,1H3,(H,23,24);2*1H/b21-9+;;. The molecule has 3 N–H and O–H groups in total. The molecule has 0 aliphatic rings. The molecule has 0 saturated heterocycles. The summed E-state index contributed by atoms with van der Waals surface area (Å²) in [5.41, 5.74) is 4.35. The van der Waals surface area contributed by atoms with E-state index in [0.717, 1.165) is 5.56 Å². The monoisotopic (exact) mass is 462 g/mol. The number of hydrogen-bond acceptors (Lipinski definition) is 6. The van der Waals surface area contributed by atoms with Gasteiger partial charge in [0.25, 0.3) is 5.95 Å². The van der Waals surface area contributed by atoms with Crippen LogP contribution in [0.3, 0.4) is 0 Å². The van der Waals surface area contributed by atoms with Gasteiger partial charge < -0.3 is 10.6 Å². The lowest BCUT2D eigenvalue weighted by atomic mass is 10.2. The minimum absolute atomic E-state index is 0. The second kappa shape index (κ2) is 11.0. The summed E-state index contributed by atoms with van der Waals surface area (Å²) in [6.45, 7) is 2.10. The van der Waals surface area contributed by atoms with Crippen molar-refractivity contribution < 1.29 is 4.74 Å². The van der Waals surface area contributed by atoms with Crippen molar-refractivity contribution in [2.24, 2.45) is 5.10 Å². The van der Waals surface area contributed by atoms with Crippen molar-refractivity contribution >= 4 is 60.2 Å². The van der Waals surface area contributed by atoms with Gasteiger partial charge in [-0.05, 0) is 24.6 Å². The minimum atomic E-state index is 0. The molecule has 2 aromatic carbocycles. The van der Waals surface area contributed by atoms with E-state index in [1.165, 1.54) is 10.9 Å². The number of nitrogens with zero attached hydrogens (tertiary/aromatic N) is 4. The van der Waals surface area contributed by atoms with Gasteiger partial charge in [-0.15, -0.1) is 35.0 Å². The van der Waals surface area contributed by atoms with Crippen LogP contribution in [0.4, 0.5) is 5.95 Å². The van der Waals surface area contributed by atoms with E-state index < -0.39 is 0 Å². The maximum atomic E-state index is 6.29. The van der Waals surface area contributed by atoms with Crippen LogP contribution in [0, 0.1) is 6.92 Å². The SMILES string of the molecule is Cc1nnc(N/N=C/c2cc(Cl)cc(Cl)c2OCc2ccccc2)n1N.Cl.Cl. The van der Waals surface area contributed by atoms with Crippen LogP contribution in [0.1, 0.15) is 17.0 Å². The molecule has 3 aromatic rings. The summed E-state index contributed by atoms with van der Waals surface area (Å²) in [4.78, 5) is 0. The lowest BCUT2D eigenvalue weighted by molar-refractivity contribution is 0.306. The Balaban J connectivity index is 0.00000196. The molecule has 0 aliphatic carbocycles. The molecule has 150 valence electrons. The molecule has 0 saturated carbocycles. The number of halogens is 4. The Bertz CT molecular complexity index is 933. The average Bonchev–Trinajstić information content (AvgIpc) is 2.94. The van der Waals surface area contributed by atoms with E-state index in [9.17, 15) is 0 Å². The molecule has 0 atom stereocenters. The first-order chi connectivity index (χ1) is 12.5. The zero-order valence-electron chi connectivity index (χ0n) is 14.7. The van der Waals surface area contributed by atoms with Gasteiger partial charge in [0.05, 0.1) is 11.2 Å². The van der Waals surface area contributed by atoms with Crippen molar-refractivity contribution in [2.75, 3.05) is 11.3 Å². The van der Waals surface area contributed by atoms with E-state index in [1.54, 1.807) is 19.1 Å². The first kappa shape index (κ1) is 23.8. The molecule has 0 spiro atoms. The number of ether oxygens (including phenoxy) is 1. The summed E-state index contributed by atoms with van der Waals surface area (Å²) < 4.78 is 7.16. The summed E-state index contributed by atoms with van der Waals surface area (Å²) in [6.07, 6.45) is 1.53. The summed E-state index contributed by atoms with van der Waals surface area (Å²) in [5.74, 6) is 7.10. The molecule has 0 amide bonds. The van der Waals surface area contributed by atoms with Crippen LogP contribution in [-0.2, 0) is 6.61 Å². The summed E-state index contributed by atoms with van der Waals surface area (Å²) in [7, 11) is 0. The summed E-state index contributed by atoms with van der Waals surface area (Å²) in [5, 5.41) is 12.7. The van der Waals surface area contributed by atoms with Crippen LogP contribution in [0.15, 0.2) is 47.6 Å². The third-order valence-corrected chi connectivity index (χ3v) is 4.00. The minimum Gasteiger partial charge on any atom is -0.487 e. The first-order valence-corrected chi connectivity index (χ1v) is 8.42. The lowest BCUT2D eigenvalue weighted by Gasteiger charge is -2.11. The van der Waals surface area contributed by atoms with Gasteiger partial charge in [-0.1, -0.05) is 53.5 Å². The van der Waals surface area contributed by atoms with E-state index in [2.05, 4.69) is 20.7 Å². The second-order valence-corrected chi connectivity index (χ2v) is 6.23. The fourth-order valence-corrected chi connectivity index (χ4v) is 2.73. The number of rotatable bonds is 6. The second-order valence-electron chi connectivity index (χ2n) is 5.39. The van der Waals surface area contributed by atoms with Gasteiger partial charge in [0.1, 0.15) is 12.4 Å². The van der Waals surface area contributed by atoms with Gasteiger partial charge in [-0.3, -0.25) is 0 Å². The maximum Gasteiger partial charge on any atom is 0.263 e. The summed E-state index contributed by atoms with van der Waals surface area (Å²) in [6, 6.07) is 13.1. The predicted octanol–water partition coefficient (Wildman–Crippen LogP) is 4.48. The van der Waals surface area contributed by atoms with Crippen LogP contribution in [0.5, 0.6) is 5.75 Å². The zero-order valence-corrected chi connectivity index (χ0v) is 17.8. The van der Waals surface area contributed by atoms with Crippen LogP contribution in [0.2, 0.25) is 10.0 Å². The Kier molecular flexibility index (Phi) is 9.34. The van der Waals surface area contributed by atoms with Crippen molar-refractivity contribution in [1.82, 2.24) is 14.9 Å². The van der Waals surface area contributed by atoms with Crippen LogP contribution < -0.4 is 16.0 Å². The van der Waals surface area contributed by atoms with Gasteiger partial charge >= 0.3 is 0 Å². The molecular weight excluding hydrogens is 446 g/mol. The molecule has 3 rings (SSSR count). The molecule has 1 heterocycles. The molecular formula is C17H18Cl4N6O. The van der Waals surface area contributed by atoms with Gasteiger partial charge in [-0.25, -0.2) is 10.1 Å². The smallest absolute Gasteiger partial charge is 0.263 e. The van der Waals surface area contributed by atoms with E-state index in [1.807, 2.05) is 30.3 Å². The van der Waals surface area contributed by atoms with Gasteiger partial charge in [-0.2, -0.15) is 5.10 Å². The predicted molar refractivity (Wildman–Crippen MR) is 118 cm³/mol. The highest BCUT2D eigenvalue weighted by Gasteiger charge is 2.10. The first-order valence-electron chi connectivity index (χ1n) is 7.66. The Hall–Kier alpha value is -2.19. The number of aryl methyl sites for hydroxylation is 1. The lowest BCUT2D eigenvalue weighted by Crippen LogP contribution is -2.13. The molecule has 1 aromatic heterocycles. The van der Waals surface area contributed by atoms with E-state index >= 15 is 0 Å². The Morgan fingerprint density at radius 3 is 2.54 bits per heavy atom. The number of benzene rings is 2. The number of hydrogen-bond donors (Lipinski definition) is 2. The fourth-order valence-electron chi connectivity index (χ4n) is 2.16. The molecule has 0 unspecified atom stereocenters. The largest absolute Gasteiger partial charge is 0.487 e. The van der Waals surface area contributed by atoms with Crippen LogP contribution in [0.25, 0.3) is 0 Å². The molecule has 0 radical (unpaired) electrons. The Labute approximate surface area is 184 Å². The van der Waals surface area contributed by atoms with Crippen molar-refractivity contribution in [1.29, 1.82) is 0 Å². The highest BCUT2D eigenvalue weighted by molar-refractivity contribution is 6.36. The Morgan fingerprint density at radius 2 is 1.89 bits per heavy atom. The summed E-state index contributed by atoms with van der Waals surface area (Å²) >= 11 is 12.4. The third-order valence-electron chi connectivity index (χ3n) is 3.50. The molecule has 28 heavy (non-hydrogen) atoms.